The molecule has 1 fully saturated rings. The maximum atomic E-state index is 13.2. The summed E-state index contributed by atoms with van der Waals surface area (Å²) in [5.74, 6) is -0.0405. The van der Waals surface area contributed by atoms with Crippen LogP contribution in [-0.4, -0.2) is 53.1 Å². The quantitative estimate of drug-likeness (QED) is 0.588. The van der Waals surface area contributed by atoms with Crippen molar-refractivity contribution in [3.8, 4) is 11.3 Å². The summed E-state index contributed by atoms with van der Waals surface area (Å²) in [7, 11) is 0. The highest BCUT2D eigenvalue weighted by molar-refractivity contribution is 6.00. The average molecular weight is 431 g/mol. The van der Waals surface area contributed by atoms with Crippen molar-refractivity contribution in [1.29, 1.82) is 0 Å². The lowest BCUT2D eigenvalue weighted by atomic mass is 10.0. The number of fused-ring (bicyclic) bond motifs is 1. The number of ether oxygens (including phenoxy) is 1. The number of morpholine rings is 1. The second kappa shape index (κ2) is 8.64. The second-order valence-electron chi connectivity index (χ2n) is 8.34. The smallest absolute Gasteiger partial charge is 0.189 e. The lowest BCUT2D eigenvalue weighted by Gasteiger charge is -2.30. The van der Waals surface area contributed by atoms with Crippen molar-refractivity contribution in [3.63, 3.8) is 0 Å². The van der Waals surface area contributed by atoms with Gasteiger partial charge in [0.25, 0.3) is 0 Å². The van der Waals surface area contributed by atoms with E-state index in [0.717, 1.165) is 42.7 Å². The molecule has 1 atom stereocenters. The number of carbonyl (C=O) groups excluding carboxylic acids is 1. The van der Waals surface area contributed by atoms with Gasteiger partial charge in [0.15, 0.2) is 11.6 Å². The van der Waals surface area contributed by atoms with Crippen molar-refractivity contribution in [2.24, 2.45) is 5.73 Å². The fraction of sp³-hybridized carbons (Fsp3) is 0.333. The van der Waals surface area contributed by atoms with Gasteiger partial charge in [-0.25, -0.2) is 9.97 Å². The Morgan fingerprint density at radius 2 is 1.94 bits per heavy atom. The summed E-state index contributed by atoms with van der Waals surface area (Å²) >= 11 is 0. The minimum Gasteiger partial charge on any atom is -0.382 e. The SMILES string of the molecule is Nc1ncc(-c2ccc3c(c2)CC(N)C3)nc1C(=O)Cc1cnccc1N1CCOCC1. The predicted octanol–water partition coefficient (Wildman–Crippen LogP) is 1.81. The number of nitrogens with two attached hydrogens (primary N) is 2. The molecule has 0 spiro atoms. The van der Waals surface area contributed by atoms with Crippen LogP contribution in [-0.2, 0) is 24.0 Å². The lowest BCUT2D eigenvalue weighted by Crippen LogP contribution is -2.37. The standard InChI is InChI=1S/C24H26N6O2/c25-19-10-15-1-2-16(9-17(15)11-19)20-14-28-24(26)23(29-20)22(31)12-18-13-27-4-3-21(18)30-5-7-32-8-6-30/h1-4,9,13-14,19H,5-8,10-12,25H2,(H2,26,28). The van der Waals surface area contributed by atoms with E-state index in [1.165, 1.54) is 11.1 Å². The van der Waals surface area contributed by atoms with Gasteiger partial charge in [-0.15, -0.1) is 0 Å². The van der Waals surface area contributed by atoms with Gasteiger partial charge in [-0.05, 0) is 36.1 Å². The first kappa shape index (κ1) is 20.5. The van der Waals surface area contributed by atoms with Crippen molar-refractivity contribution in [1.82, 2.24) is 15.0 Å². The topological polar surface area (TPSA) is 120 Å². The molecule has 164 valence electrons. The fourth-order valence-electron chi connectivity index (χ4n) is 4.48. The normalized spacial score (nSPS) is 17.9. The van der Waals surface area contributed by atoms with Crippen LogP contribution in [0.25, 0.3) is 11.3 Å². The molecule has 5 rings (SSSR count). The zero-order chi connectivity index (χ0) is 22.1. The van der Waals surface area contributed by atoms with Crippen molar-refractivity contribution >= 4 is 17.3 Å². The Kier molecular flexibility index (Phi) is 5.55. The fourth-order valence-corrected chi connectivity index (χ4v) is 4.48. The molecular formula is C24H26N6O2. The van der Waals surface area contributed by atoms with Gasteiger partial charge in [-0.2, -0.15) is 0 Å². The van der Waals surface area contributed by atoms with E-state index in [1.807, 2.05) is 12.1 Å². The third-order valence-electron chi connectivity index (χ3n) is 6.11. The number of Topliss-reactive ketones (excluding diaryl/α,β-unsaturated/α-hetero) is 1. The molecule has 0 bridgehead atoms. The molecule has 1 unspecified atom stereocenters. The molecule has 1 aliphatic carbocycles. The van der Waals surface area contributed by atoms with Gasteiger partial charge in [-0.1, -0.05) is 12.1 Å². The molecule has 1 aromatic carbocycles. The first-order chi connectivity index (χ1) is 15.6. The van der Waals surface area contributed by atoms with Gasteiger partial charge in [0.2, 0.25) is 0 Å². The van der Waals surface area contributed by atoms with Crippen LogP contribution < -0.4 is 16.4 Å². The van der Waals surface area contributed by atoms with Crippen molar-refractivity contribution in [3.05, 3.63) is 65.2 Å². The Hall–Kier alpha value is -3.36. The minimum absolute atomic E-state index is 0.138. The summed E-state index contributed by atoms with van der Waals surface area (Å²) in [5.41, 5.74) is 18.2. The van der Waals surface area contributed by atoms with Crippen LogP contribution in [0.2, 0.25) is 0 Å². The van der Waals surface area contributed by atoms with Crippen LogP contribution in [0, 0.1) is 0 Å². The van der Waals surface area contributed by atoms with Crippen LogP contribution in [0.1, 0.15) is 27.2 Å². The van der Waals surface area contributed by atoms with Gasteiger partial charge >= 0.3 is 0 Å². The molecule has 8 nitrogen and oxygen atoms in total. The molecule has 2 aromatic heterocycles. The molecule has 0 radical (unpaired) electrons. The van der Waals surface area contributed by atoms with E-state index >= 15 is 0 Å². The summed E-state index contributed by atoms with van der Waals surface area (Å²) in [6, 6.07) is 8.28. The van der Waals surface area contributed by atoms with Crippen molar-refractivity contribution in [2.45, 2.75) is 25.3 Å². The first-order valence-electron chi connectivity index (χ1n) is 10.9. The molecule has 0 amide bonds. The third kappa shape index (κ3) is 4.06. The lowest BCUT2D eigenvalue weighted by molar-refractivity contribution is 0.0988. The van der Waals surface area contributed by atoms with Gasteiger partial charge in [-0.3, -0.25) is 9.78 Å². The summed E-state index contributed by atoms with van der Waals surface area (Å²) in [6.45, 7) is 2.90. The van der Waals surface area contributed by atoms with Gasteiger partial charge in [0.05, 0.1) is 25.1 Å². The van der Waals surface area contributed by atoms with Gasteiger partial charge in [0, 0.05) is 54.8 Å². The number of pyridine rings is 1. The molecule has 4 N–H and O–H groups in total. The molecule has 2 aliphatic rings. The Morgan fingerprint density at radius 1 is 1.12 bits per heavy atom. The van der Waals surface area contributed by atoms with Crippen LogP contribution in [0.15, 0.2) is 42.9 Å². The van der Waals surface area contributed by atoms with E-state index in [4.69, 9.17) is 16.2 Å². The van der Waals surface area contributed by atoms with E-state index in [1.54, 1.807) is 18.6 Å². The number of aromatic nitrogens is 3. The van der Waals surface area contributed by atoms with E-state index < -0.39 is 0 Å². The minimum atomic E-state index is -0.178. The van der Waals surface area contributed by atoms with Crippen LogP contribution in [0.3, 0.4) is 0 Å². The molecule has 8 heteroatoms. The number of hydrogen-bond donors (Lipinski definition) is 2. The second-order valence-corrected chi connectivity index (χ2v) is 8.34. The Labute approximate surface area is 186 Å². The highest BCUT2D eigenvalue weighted by Crippen LogP contribution is 2.28. The number of hydrogen-bond acceptors (Lipinski definition) is 8. The molecule has 1 aliphatic heterocycles. The molecule has 0 saturated carbocycles. The number of carbonyl (C=O) groups is 1. The van der Waals surface area contributed by atoms with Crippen LogP contribution in [0.5, 0.6) is 0 Å². The summed E-state index contributed by atoms with van der Waals surface area (Å²) < 4.78 is 5.45. The first-order valence-corrected chi connectivity index (χ1v) is 10.9. The van der Waals surface area contributed by atoms with E-state index in [9.17, 15) is 4.79 Å². The predicted molar refractivity (Wildman–Crippen MR) is 123 cm³/mol. The number of ketones is 1. The van der Waals surface area contributed by atoms with Crippen molar-refractivity contribution < 1.29 is 9.53 Å². The zero-order valence-electron chi connectivity index (χ0n) is 17.8. The number of nitrogens with zero attached hydrogens (tertiary/aromatic N) is 4. The number of rotatable bonds is 5. The molecular weight excluding hydrogens is 404 g/mol. The largest absolute Gasteiger partial charge is 0.382 e. The highest BCUT2D eigenvalue weighted by atomic mass is 16.5. The molecule has 3 heterocycles. The Balaban J connectivity index is 1.41. The van der Waals surface area contributed by atoms with Gasteiger partial charge < -0.3 is 21.1 Å². The summed E-state index contributed by atoms with van der Waals surface area (Å²) in [6.07, 6.45) is 6.99. The monoisotopic (exact) mass is 430 g/mol. The van der Waals surface area contributed by atoms with Crippen LogP contribution >= 0.6 is 0 Å². The van der Waals surface area contributed by atoms with Crippen LogP contribution in [0.4, 0.5) is 11.5 Å². The van der Waals surface area contributed by atoms with Gasteiger partial charge in [0.1, 0.15) is 5.69 Å². The third-order valence-corrected chi connectivity index (χ3v) is 6.11. The highest BCUT2D eigenvalue weighted by Gasteiger charge is 2.22. The van der Waals surface area contributed by atoms with E-state index in [2.05, 4.69) is 32.0 Å². The Morgan fingerprint density at radius 3 is 2.78 bits per heavy atom. The molecule has 32 heavy (non-hydrogen) atoms. The maximum absolute atomic E-state index is 13.2. The Bertz CT molecular complexity index is 1160. The summed E-state index contributed by atoms with van der Waals surface area (Å²) in [5, 5.41) is 0. The summed E-state index contributed by atoms with van der Waals surface area (Å²) in [4.78, 5) is 28.5. The number of nitrogen functional groups attached to an aromatic ring is 1. The van der Waals surface area contributed by atoms with Crippen molar-refractivity contribution in [2.75, 3.05) is 36.9 Å². The van der Waals surface area contributed by atoms with E-state index in [0.29, 0.717) is 18.9 Å². The zero-order valence-corrected chi connectivity index (χ0v) is 17.8. The molecule has 3 aromatic rings. The number of benzene rings is 1. The maximum Gasteiger partial charge on any atom is 0.189 e. The number of anilines is 2. The van der Waals surface area contributed by atoms with E-state index in [-0.39, 0.29) is 29.8 Å². The molecule has 1 saturated heterocycles. The average Bonchev–Trinajstić information content (AvgIpc) is 3.19.